The van der Waals surface area contributed by atoms with Gasteiger partial charge in [0, 0.05) is 36.3 Å². The van der Waals surface area contributed by atoms with E-state index in [1.54, 1.807) is 24.2 Å². The van der Waals surface area contributed by atoms with Crippen LogP contribution in [-0.2, 0) is 14.6 Å². The Balaban J connectivity index is 1.73. The molecule has 0 radical (unpaired) electrons. The molecule has 0 unspecified atom stereocenters. The van der Waals surface area contributed by atoms with E-state index in [0.29, 0.717) is 12.8 Å². The first kappa shape index (κ1) is 16.6. The van der Waals surface area contributed by atoms with Gasteiger partial charge in [-0.15, -0.1) is 0 Å². The van der Waals surface area contributed by atoms with E-state index in [4.69, 9.17) is 0 Å². The third-order valence-electron chi connectivity index (χ3n) is 4.49. The summed E-state index contributed by atoms with van der Waals surface area (Å²) in [4.78, 5) is 18.4. The smallest absolute Gasteiger partial charge is 0.246 e. The van der Waals surface area contributed by atoms with Crippen molar-refractivity contribution >= 4 is 32.7 Å². The molecule has 1 amide bonds. The molecule has 0 aliphatic carbocycles. The molecule has 1 aromatic heterocycles. The van der Waals surface area contributed by atoms with Crippen LogP contribution < -0.4 is 0 Å². The van der Waals surface area contributed by atoms with Crippen LogP contribution in [0.4, 0.5) is 0 Å². The maximum absolute atomic E-state index is 12.4. The van der Waals surface area contributed by atoms with E-state index in [1.807, 2.05) is 30.3 Å². The average Bonchev–Trinajstić information content (AvgIpc) is 2.59. The lowest BCUT2D eigenvalue weighted by Crippen LogP contribution is -2.41. The number of para-hydroxylation sites is 1. The molecule has 24 heavy (non-hydrogen) atoms. The van der Waals surface area contributed by atoms with Gasteiger partial charge in [-0.05, 0) is 25.0 Å². The minimum Gasteiger partial charge on any atom is -0.339 e. The third kappa shape index (κ3) is 3.64. The Labute approximate surface area is 141 Å². The number of rotatable bonds is 3. The lowest BCUT2D eigenvalue weighted by molar-refractivity contribution is -0.126. The highest BCUT2D eigenvalue weighted by atomic mass is 32.2. The first-order valence-electron chi connectivity index (χ1n) is 7.95. The van der Waals surface area contributed by atoms with Crippen molar-refractivity contribution in [2.45, 2.75) is 18.9 Å². The fraction of sp³-hybridized carbons (Fsp3) is 0.333. The number of nitrogens with zero attached hydrogens (tertiary/aromatic N) is 2. The van der Waals surface area contributed by atoms with Gasteiger partial charge in [0.15, 0.2) is 0 Å². The summed E-state index contributed by atoms with van der Waals surface area (Å²) < 4.78 is 23.0. The fourth-order valence-electron chi connectivity index (χ4n) is 2.99. The van der Waals surface area contributed by atoms with Crippen molar-refractivity contribution in [3.05, 3.63) is 48.2 Å². The molecule has 0 spiro atoms. The number of sulfone groups is 1. The second kappa shape index (κ2) is 6.73. The Morgan fingerprint density at radius 3 is 2.67 bits per heavy atom. The van der Waals surface area contributed by atoms with Crippen molar-refractivity contribution in [2.24, 2.45) is 0 Å². The number of amides is 1. The lowest BCUT2D eigenvalue weighted by Gasteiger charge is -2.30. The SMILES string of the molecule is CN(C(=O)C=Cc1cccc2cccnc12)C1CCS(=O)(=O)CC1. The number of benzene rings is 1. The number of carbonyl (C=O) groups excluding carboxylic acids is 1. The molecule has 1 aliphatic rings. The van der Waals surface area contributed by atoms with Gasteiger partial charge in [-0.25, -0.2) is 8.42 Å². The zero-order chi connectivity index (χ0) is 17.2. The second-order valence-corrected chi connectivity index (χ2v) is 8.39. The summed E-state index contributed by atoms with van der Waals surface area (Å²) in [5, 5.41) is 1.03. The van der Waals surface area contributed by atoms with Crippen LogP contribution in [0, 0.1) is 0 Å². The van der Waals surface area contributed by atoms with Gasteiger partial charge in [-0.3, -0.25) is 9.78 Å². The molecular weight excluding hydrogens is 324 g/mol. The number of fused-ring (bicyclic) bond motifs is 1. The molecule has 2 aromatic rings. The maximum atomic E-state index is 12.4. The fourth-order valence-corrected chi connectivity index (χ4v) is 4.45. The predicted octanol–water partition coefficient (Wildman–Crippen LogP) is 2.28. The van der Waals surface area contributed by atoms with Crippen LogP contribution in [0.1, 0.15) is 18.4 Å². The van der Waals surface area contributed by atoms with Crippen molar-refractivity contribution in [1.29, 1.82) is 0 Å². The first-order valence-corrected chi connectivity index (χ1v) is 9.77. The van der Waals surface area contributed by atoms with Crippen molar-refractivity contribution < 1.29 is 13.2 Å². The van der Waals surface area contributed by atoms with Gasteiger partial charge in [0.25, 0.3) is 0 Å². The van der Waals surface area contributed by atoms with E-state index in [9.17, 15) is 13.2 Å². The molecule has 0 N–H and O–H groups in total. The molecule has 1 aromatic carbocycles. The van der Waals surface area contributed by atoms with Crippen LogP contribution in [-0.4, -0.2) is 48.8 Å². The maximum Gasteiger partial charge on any atom is 0.246 e. The normalized spacial score (nSPS) is 18.0. The Morgan fingerprint density at radius 2 is 1.92 bits per heavy atom. The molecule has 0 saturated carbocycles. The van der Waals surface area contributed by atoms with Crippen molar-refractivity contribution in [1.82, 2.24) is 9.88 Å². The highest BCUT2D eigenvalue weighted by Gasteiger charge is 2.27. The number of hydrogen-bond donors (Lipinski definition) is 0. The molecule has 1 aliphatic heterocycles. The average molecular weight is 344 g/mol. The monoisotopic (exact) mass is 344 g/mol. The van der Waals surface area contributed by atoms with Crippen LogP contribution >= 0.6 is 0 Å². The van der Waals surface area contributed by atoms with Gasteiger partial charge in [0.2, 0.25) is 5.91 Å². The molecule has 126 valence electrons. The molecule has 0 bridgehead atoms. The second-order valence-electron chi connectivity index (χ2n) is 6.09. The largest absolute Gasteiger partial charge is 0.339 e. The van der Waals surface area contributed by atoms with E-state index in [0.717, 1.165) is 16.5 Å². The Bertz CT molecular complexity index is 871. The van der Waals surface area contributed by atoms with Crippen LogP contribution in [0.2, 0.25) is 0 Å². The minimum atomic E-state index is -2.92. The molecule has 1 fully saturated rings. The molecule has 2 heterocycles. The summed E-state index contributed by atoms with van der Waals surface area (Å²) in [6.45, 7) is 0. The number of hydrogen-bond acceptors (Lipinski definition) is 4. The van der Waals surface area contributed by atoms with Crippen LogP contribution in [0.15, 0.2) is 42.6 Å². The molecule has 5 nitrogen and oxygen atoms in total. The number of likely N-dealkylation sites (N-methyl/N-ethyl adjacent to an activating group) is 1. The van der Waals surface area contributed by atoms with Crippen LogP contribution in [0.5, 0.6) is 0 Å². The number of aromatic nitrogens is 1. The zero-order valence-corrected chi connectivity index (χ0v) is 14.4. The van der Waals surface area contributed by atoms with Gasteiger partial charge in [0.1, 0.15) is 9.84 Å². The summed E-state index contributed by atoms with van der Waals surface area (Å²) >= 11 is 0. The Kier molecular flexibility index (Phi) is 4.66. The highest BCUT2D eigenvalue weighted by Crippen LogP contribution is 2.19. The van der Waals surface area contributed by atoms with E-state index in [2.05, 4.69) is 4.98 Å². The molecular formula is C18H20N2O3S. The van der Waals surface area contributed by atoms with Crippen LogP contribution in [0.25, 0.3) is 17.0 Å². The van der Waals surface area contributed by atoms with Crippen LogP contribution in [0.3, 0.4) is 0 Å². The molecule has 3 rings (SSSR count). The van der Waals surface area contributed by atoms with Gasteiger partial charge >= 0.3 is 0 Å². The number of pyridine rings is 1. The van der Waals surface area contributed by atoms with Gasteiger partial charge in [-0.2, -0.15) is 0 Å². The summed E-state index contributed by atoms with van der Waals surface area (Å²) in [5.41, 5.74) is 1.75. The van der Waals surface area contributed by atoms with Gasteiger partial charge < -0.3 is 4.90 Å². The standard InChI is InChI=1S/C18H20N2O3S/c1-20(16-9-12-24(22,23)13-10-16)17(21)8-7-15-5-2-4-14-6-3-11-19-18(14)15/h2-8,11,16H,9-10,12-13H2,1H3. The van der Waals surface area contributed by atoms with E-state index in [-0.39, 0.29) is 23.5 Å². The van der Waals surface area contributed by atoms with Gasteiger partial charge in [-0.1, -0.05) is 24.3 Å². The summed E-state index contributed by atoms with van der Waals surface area (Å²) in [5.74, 6) is 0.200. The highest BCUT2D eigenvalue weighted by molar-refractivity contribution is 7.91. The Morgan fingerprint density at radius 1 is 1.21 bits per heavy atom. The van der Waals surface area contributed by atoms with Crippen molar-refractivity contribution in [3.63, 3.8) is 0 Å². The Hall–Kier alpha value is -2.21. The lowest BCUT2D eigenvalue weighted by atomic mass is 10.1. The van der Waals surface area contributed by atoms with Crippen molar-refractivity contribution in [2.75, 3.05) is 18.6 Å². The molecule has 1 saturated heterocycles. The summed E-state index contributed by atoms with van der Waals surface area (Å²) in [6.07, 6.45) is 6.05. The molecule has 0 atom stereocenters. The minimum absolute atomic E-state index is 0.0173. The van der Waals surface area contributed by atoms with E-state index < -0.39 is 9.84 Å². The van der Waals surface area contributed by atoms with E-state index >= 15 is 0 Å². The topological polar surface area (TPSA) is 67.3 Å². The van der Waals surface area contributed by atoms with E-state index in [1.165, 1.54) is 6.08 Å². The third-order valence-corrected chi connectivity index (χ3v) is 6.20. The molecule has 6 heteroatoms. The van der Waals surface area contributed by atoms with Gasteiger partial charge in [0.05, 0.1) is 17.0 Å². The summed E-state index contributed by atoms with van der Waals surface area (Å²) in [6, 6.07) is 9.69. The predicted molar refractivity (Wildman–Crippen MR) is 95.2 cm³/mol. The summed E-state index contributed by atoms with van der Waals surface area (Å²) in [7, 11) is -1.19. The first-order chi connectivity index (χ1) is 11.5. The quantitative estimate of drug-likeness (QED) is 0.801. The number of carbonyl (C=O) groups is 1. The van der Waals surface area contributed by atoms with Crippen molar-refractivity contribution in [3.8, 4) is 0 Å². The zero-order valence-electron chi connectivity index (χ0n) is 13.6.